The zero-order valence-corrected chi connectivity index (χ0v) is 14.6. The number of hydrogen-bond donors (Lipinski definition) is 3. The van der Waals surface area contributed by atoms with Crippen molar-refractivity contribution in [2.24, 2.45) is 5.73 Å². The molecule has 0 unspecified atom stereocenters. The van der Waals surface area contributed by atoms with Crippen molar-refractivity contribution in [1.82, 2.24) is 10.6 Å². The van der Waals surface area contributed by atoms with E-state index in [9.17, 15) is 19.2 Å². The average Bonchev–Trinajstić information content (AvgIpc) is 2.62. The molecule has 0 heterocycles. The Morgan fingerprint density at radius 1 is 1.04 bits per heavy atom. The fourth-order valence-corrected chi connectivity index (χ4v) is 2.73. The molecule has 1 aromatic rings. The monoisotopic (exact) mass is 361 g/mol. The molecule has 4 amide bonds. The van der Waals surface area contributed by atoms with Gasteiger partial charge in [0.25, 0.3) is 5.91 Å². The number of benzene rings is 1. The van der Waals surface area contributed by atoms with Crippen LogP contribution in [-0.2, 0) is 9.53 Å². The average molecular weight is 361 g/mol. The first-order valence-corrected chi connectivity index (χ1v) is 8.59. The number of primary amides is 1. The molecule has 0 aromatic heterocycles. The molecule has 1 atom stereocenters. The Morgan fingerprint density at radius 2 is 1.62 bits per heavy atom. The van der Waals surface area contributed by atoms with Gasteiger partial charge in [-0.3, -0.25) is 14.9 Å². The van der Waals surface area contributed by atoms with Gasteiger partial charge >= 0.3 is 12.0 Å². The van der Waals surface area contributed by atoms with Crippen molar-refractivity contribution in [2.45, 2.75) is 51.2 Å². The van der Waals surface area contributed by atoms with Crippen molar-refractivity contribution in [1.29, 1.82) is 0 Å². The van der Waals surface area contributed by atoms with E-state index in [4.69, 9.17) is 10.5 Å². The maximum absolute atomic E-state index is 12.0. The van der Waals surface area contributed by atoms with E-state index in [0.717, 1.165) is 32.1 Å². The van der Waals surface area contributed by atoms with Crippen molar-refractivity contribution >= 4 is 23.8 Å². The summed E-state index contributed by atoms with van der Waals surface area (Å²) in [6.45, 7) is 1.37. The Hall–Kier alpha value is -2.90. The van der Waals surface area contributed by atoms with E-state index in [2.05, 4.69) is 10.6 Å². The molecule has 0 bridgehead atoms. The second-order valence-corrected chi connectivity index (χ2v) is 6.29. The van der Waals surface area contributed by atoms with Crippen molar-refractivity contribution in [2.75, 3.05) is 0 Å². The minimum atomic E-state index is -1.14. The van der Waals surface area contributed by atoms with E-state index in [1.807, 2.05) is 0 Å². The molecule has 1 aliphatic carbocycles. The Kier molecular flexibility index (Phi) is 6.71. The van der Waals surface area contributed by atoms with Gasteiger partial charge in [0.1, 0.15) is 0 Å². The van der Waals surface area contributed by atoms with Crippen LogP contribution in [-0.4, -0.2) is 36.0 Å². The number of amides is 4. The molecule has 1 saturated carbocycles. The second kappa shape index (κ2) is 8.98. The third kappa shape index (κ3) is 5.58. The first-order valence-electron chi connectivity index (χ1n) is 8.59. The molecule has 0 radical (unpaired) electrons. The number of esters is 1. The van der Waals surface area contributed by atoms with Gasteiger partial charge in [0.15, 0.2) is 6.10 Å². The van der Waals surface area contributed by atoms with Crippen molar-refractivity contribution in [3.05, 3.63) is 35.4 Å². The smallest absolute Gasteiger partial charge is 0.338 e. The molecule has 4 N–H and O–H groups in total. The van der Waals surface area contributed by atoms with Gasteiger partial charge in [-0.1, -0.05) is 19.3 Å². The molecule has 1 aliphatic rings. The van der Waals surface area contributed by atoms with Gasteiger partial charge in [0, 0.05) is 11.6 Å². The van der Waals surface area contributed by atoms with Crippen LogP contribution in [0.1, 0.15) is 59.7 Å². The maximum atomic E-state index is 12.0. The Labute approximate surface area is 151 Å². The number of rotatable bonds is 5. The summed E-state index contributed by atoms with van der Waals surface area (Å²) < 4.78 is 5.04. The number of nitrogens with two attached hydrogens (primary N) is 1. The highest BCUT2D eigenvalue weighted by atomic mass is 16.5. The van der Waals surface area contributed by atoms with Crippen LogP contribution >= 0.6 is 0 Å². The summed E-state index contributed by atoms with van der Waals surface area (Å²) in [5.41, 5.74) is 5.55. The third-order valence-electron chi connectivity index (χ3n) is 4.24. The molecule has 8 heteroatoms. The van der Waals surface area contributed by atoms with Crippen LogP contribution in [0.5, 0.6) is 0 Å². The van der Waals surface area contributed by atoms with E-state index in [1.165, 1.54) is 31.2 Å². The molecule has 8 nitrogen and oxygen atoms in total. The molecule has 1 fully saturated rings. The van der Waals surface area contributed by atoms with Crippen molar-refractivity contribution in [3.8, 4) is 0 Å². The summed E-state index contributed by atoms with van der Waals surface area (Å²) >= 11 is 0. The SMILES string of the molecule is C[C@H](OC(=O)c1ccc(C(N)=O)cc1)C(=O)NC(=O)NC1CCCCC1. The van der Waals surface area contributed by atoms with E-state index in [1.54, 1.807) is 0 Å². The largest absolute Gasteiger partial charge is 0.449 e. The first-order chi connectivity index (χ1) is 12.4. The Bertz CT molecular complexity index is 681. The van der Waals surface area contributed by atoms with Crippen LogP contribution in [0.3, 0.4) is 0 Å². The summed E-state index contributed by atoms with van der Waals surface area (Å²) in [6, 6.07) is 5.02. The molecule has 26 heavy (non-hydrogen) atoms. The molecule has 1 aromatic carbocycles. The lowest BCUT2D eigenvalue weighted by Gasteiger charge is -2.23. The van der Waals surface area contributed by atoms with Gasteiger partial charge in [0.05, 0.1) is 5.56 Å². The Morgan fingerprint density at radius 3 is 2.19 bits per heavy atom. The summed E-state index contributed by atoms with van der Waals surface area (Å²) in [5, 5.41) is 4.93. The zero-order chi connectivity index (χ0) is 19.1. The molecule has 2 rings (SSSR count). The number of urea groups is 1. The highest BCUT2D eigenvalue weighted by molar-refractivity contribution is 5.99. The fraction of sp³-hybridized carbons (Fsp3) is 0.444. The summed E-state index contributed by atoms with van der Waals surface area (Å²) in [5.74, 6) is -2.06. The molecule has 0 spiro atoms. The quantitative estimate of drug-likeness (QED) is 0.685. The van der Waals surface area contributed by atoms with Crippen molar-refractivity contribution in [3.63, 3.8) is 0 Å². The molecule has 0 saturated heterocycles. The van der Waals surface area contributed by atoms with Crippen LogP contribution in [0, 0.1) is 0 Å². The number of imide groups is 1. The first kappa shape index (κ1) is 19.4. The number of carbonyl (C=O) groups is 4. The van der Waals surface area contributed by atoms with Crippen LogP contribution < -0.4 is 16.4 Å². The predicted molar refractivity (Wildman–Crippen MR) is 93.4 cm³/mol. The predicted octanol–water partition coefficient (Wildman–Crippen LogP) is 1.49. The lowest BCUT2D eigenvalue weighted by atomic mass is 9.96. The Balaban J connectivity index is 1.82. The number of nitrogens with one attached hydrogen (secondary N) is 2. The van der Waals surface area contributed by atoms with E-state index in [0.29, 0.717) is 0 Å². The normalized spacial score (nSPS) is 15.6. The molecule has 0 aliphatic heterocycles. The van der Waals surface area contributed by atoms with E-state index in [-0.39, 0.29) is 17.2 Å². The highest BCUT2D eigenvalue weighted by Crippen LogP contribution is 2.17. The lowest BCUT2D eigenvalue weighted by Crippen LogP contribution is -2.48. The number of carbonyl (C=O) groups excluding carboxylic acids is 4. The number of ether oxygens (including phenoxy) is 1. The van der Waals surface area contributed by atoms with Gasteiger partial charge in [-0.2, -0.15) is 0 Å². The van der Waals surface area contributed by atoms with Gasteiger partial charge in [-0.25, -0.2) is 9.59 Å². The zero-order valence-electron chi connectivity index (χ0n) is 14.6. The molecular weight excluding hydrogens is 338 g/mol. The fourth-order valence-electron chi connectivity index (χ4n) is 2.73. The summed E-state index contributed by atoms with van der Waals surface area (Å²) in [4.78, 5) is 46.9. The van der Waals surface area contributed by atoms with Crippen LogP contribution in [0.25, 0.3) is 0 Å². The van der Waals surface area contributed by atoms with Crippen LogP contribution in [0.2, 0.25) is 0 Å². The van der Waals surface area contributed by atoms with E-state index < -0.39 is 29.9 Å². The third-order valence-corrected chi connectivity index (χ3v) is 4.24. The summed E-state index contributed by atoms with van der Waals surface area (Å²) in [7, 11) is 0. The lowest BCUT2D eigenvalue weighted by molar-refractivity contribution is -0.127. The molecule has 140 valence electrons. The van der Waals surface area contributed by atoms with E-state index >= 15 is 0 Å². The summed E-state index contributed by atoms with van der Waals surface area (Å²) in [6.07, 6.45) is 3.92. The minimum Gasteiger partial charge on any atom is -0.449 e. The van der Waals surface area contributed by atoms with Crippen LogP contribution in [0.4, 0.5) is 4.79 Å². The topological polar surface area (TPSA) is 128 Å². The standard InChI is InChI=1S/C18H23N3O5/c1-11(16(23)21-18(25)20-14-5-3-2-4-6-14)26-17(24)13-9-7-12(8-10-13)15(19)22/h7-11,14H,2-6H2,1H3,(H2,19,22)(H2,20,21,23,25)/t11-/m0/s1. The number of hydrogen-bond acceptors (Lipinski definition) is 5. The van der Waals surface area contributed by atoms with Gasteiger partial charge < -0.3 is 15.8 Å². The molecular formula is C18H23N3O5. The van der Waals surface area contributed by atoms with Gasteiger partial charge in [-0.15, -0.1) is 0 Å². The van der Waals surface area contributed by atoms with Gasteiger partial charge in [-0.05, 0) is 44.0 Å². The minimum absolute atomic E-state index is 0.0678. The van der Waals surface area contributed by atoms with Crippen molar-refractivity contribution < 1.29 is 23.9 Å². The van der Waals surface area contributed by atoms with Gasteiger partial charge in [0.2, 0.25) is 5.91 Å². The van der Waals surface area contributed by atoms with Crippen LogP contribution in [0.15, 0.2) is 24.3 Å². The highest BCUT2D eigenvalue weighted by Gasteiger charge is 2.22. The second-order valence-electron chi connectivity index (χ2n) is 6.29. The maximum Gasteiger partial charge on any atom is 0.338 e.